The molecule has 52 valence electrons. The van der Waals surface area contributed by atoms with Crippen molar-refractivity contribution < 1.29 is 0 Å². The average molecular weight is 168 g/mol. The monoisotopic (exact) mass is 168 g/mol. The molecule has 0 radical (unpaired) electrons. The molecule has 0 bridgehead atoms. The third-order valence-electron chi connectivity index (χ3n) is 1.45. The molecule has 0 unspecified atom stereocenters. The summed E-state index contributed by atoms with van der Waals surface area (Å²) in [5.74, 6) is 0. The number of hydrogen-bond donors (Lipinski definition) is 0. The Morgan fingerprint density at radius 2 is 1.30 bits per heavy atom. The van der Waals surface area contributed by atoms with Gasteiger partial charge in [0.15, 0.2) is 0 Å². The Morgan fingerprint density at radius 1 is 0.900 bits per heavy atom. The summed E-state index contributed by atoms with van der Waals surface area (Å²) in [6.45, 7) is 4.32. The minimum absolute atomic E-state index is 1.42. The van der Waals surface area contributed by atoms with E-state index in [1.165, 1.54) is 19.2 Å². The van der Waals surface area contributed by atoms with Crippen molar-refractivity contribution in [3.8, 4) is 0 Å². The molecule has 0 fully saturated rings. The highest BCUT2D eigenvalue weighted by molar-refractivity contribution is 7.27. The van der Waals surface area contributed by atoms with Crippen LogP contribution in [0.4, 0.5) is 0 Å². The first-order valence-corrected chi connectivity index (χ1v) is 4.85. The number of aryl methyl sites for hydroxylation is 2. The first-order valence-electron chi connectivity index (χ1n) is 3.22. The lowest BCUT2D eigenvalue weighted by molar-refractivity contribution is 1.66. The molecule has 0 atom stereocenters. The van der Waals surface area contributed by atoms with E-state index < -0.39 is 0 Å². The molecule has 0 aromatic carbocycles. The topological polar surface area (TPSA) is 0 Å². The van der Waals surface area contributed by atoms with E-state index in [0.717, 1.165) is 0 Å². The van der Waals surface area contributed by atoms with Gasteiger partial charge in [0.2, 0.25) is 0 Å². The van der Waals surface area contributed by atoms with Gasteiger partial charge in [-0.1, -0.05) is 0 Å². The van der Waals surface area contributed by atoms with Crippen molar-refractivity contribution in [3.05, 3.63) is 21.9 Å². The van der Waals surface area contributed by atoms with Gasteiger partial charge in [-0.15, -0.1) is 22.7 Å². The Hall–Kier alpha value is -0.340. The zero-order chi connectivity index (χ0) is 7.14. The van der Waals surface area contributed by atoms with Crippen molar-refractivity contribution in [2.24, 2.45) is 0 Å². The summed E-state index contributed by atoms with van der Waals surface area (Å²) in [4.78, 5) is 2.84. The summed E-state index contributed by atoms with van der Waals surface area (Å²) in [5, 5.41) is 0. The molecule has 0 N–H and O–H groups in total. The second-order valence-corrected chi connectivity index (χ2v) is 5.02. The Bertz CT molecular complexity index is 291. The number of hydrogen-bond acceptors (Lipinski definition) is 2. The second kappa shape index (κ2) is 2.07. The van der Waals surface area contributed by atoms with Crippen LogP contribution in [0.5, 0.6) is 0 Å². The minimum atomic E-state index is 1.42. The first kappa shape index (κ1) is 6.38. The molecule has 2 aromatic heterocycles. The minimum Gasteiger partial charge on any atom is -0.140 e. The fraction of sp³-hybridized carbons (Fsp3) is 0.250. The van der Waals surface area contributed by atoms with Crippen LogP contribution in [-0.4, -0.2) is 0 Å². The van der Waals surface area contributed by atoms with Gasteiger partial charge in [-0.05, 0) is 26.0 Å². The van der Waals surface area contributed by atoms with E-state index in [-0.39, 0.29) is 0 Å². The molecule has 0 aliphatic carbocycles. The maximum Gasteiger partial charge on any atom is 0.0456 e. The molecule has 10 heavy (non-hydrogen) atoms. The largest absolute Gasteiger partial charge is 0.140 e. The van der Waals surface area contributed by atoms with Crippen LogP contribution in [0.1, 0.15) is 9.75 Å². The Kier molecular flexibility index (Phi) is 1.32. The summed E-state index contributed by atoms with van der Waals surface area (Å²) in [6, 6.07) is 4.52. The molecule has 2 aromatic rings. The van der Waals surface area contributed by atoms with E-state index >= 15 is 0 Å². The predicted molar refractivity (Wildman–Crippen MR) is 49.2 cm³/mol. The molecule has 0 amide bonds. The molecule has 0 saturated carbocycles. The van der Waals surface area contributed by atoms with Crippen LogP contribution in [0, 0.1) is 13.8 Å². The van der Waals surface area contributed by atoms with Crippen LogP contribution in [0.3, 0.4) is 0 Å². The highest BCUT2D eigenvalue weighted by Gasteiger charge is 2.00. The second-order valence-electron chi connectivity index (χ2n) is 2.44. The third-order valence-corrected chi connectivity index (χ3v) is 3.58. The summed E-state index contributed by atoms with van der Waals surface area (Å²) < 4.78 is 2.89. The van der Waals surface area contributed by atoms with Crippen LogP contribution in [0.2, 0.25) is 0 Å². The van der Waals surface area contributed by atoms with Gasteiger partial charge in [-0.3, -0.25) is 0 Å². The number of thiophene rings is 2. The van der Waals surface area contributed by atoms with Gasteiger partial charge in [0, 0.05) is 19.2 Å². The van der Waals surface area contributed by atoms with Gasteiger partial charge >= 0.3 is 0 Å². The summed E-state index contributed by atoms with van der Waals surface area (Å²) in [5.41, 5.74) is 0. The van der Waals surface area contributed by atoms with E-state index in [0.29, 0.717) is 0 Å². The maximum absolute atomic E-state index is 2.26. The quantitative estimate of drug-likeness (QED) is 0.564. The van der Waals surface area contributed by atoms with Crippen molar-refractivity contribution in [2.45, 2.75) is 13.8 Å². The highest BCUT2D eigenvalue weighted by atomic mass is 32.1. The van der Waals surface area contributed by atoms with Crippen LogP contribution in [-0.2, 0) is 0 Å². The highest BCUT2D eigenvalue weighted by Crippen LogP contribution is 2.31. The lowest BCUT2D eigenvalue weighted by atomic mass is 10.4. The van der Waals surface area contributed by atoms with Gasteiger partial charge in [0.1, 0.15) is 0 Å². The average Bonchev–Trinajstić information content (AvgIpc) is 2.21. The number of fused-ring (bicyclic) bond motifs is 1. The van der Waals surface area contributed by atoms with Crippen molar-refractivity contribution in [2.75, 3.05) is 0 Å². The van der Waals surface area contributed by atoms with Crippen molar-refractivity contribution >= 4 is 32.1 Å². The van der Waals surface area contributed by atoms with Crippen molar-refractivity contribution in [3.63, 3.8) is 0 Å². The lowest BCUT2D eigenvalue weighted by Crippen LogP contribution is -1.49. The van der Waals surface area contributed by atoms with E-state index in [4.69, 9.17) is 0 Å². The van der Waals surface area contributed by atoms with E-state index in [9.17, 15) is 0 Å². The van der Waals surface area contributed by atoms with Crippen LogP contribution in [0.25, 0.3) is 9.40 Å². The van der Waals surface area contributed by atoms with E-state index in [1.807, 2.05) is 22.7 Å². The molecule has 0 aliphatic heterocycles. The predicted octanol–water partition coefficient (Wildman–Crippen LogP) is 3.58. The van der Waals surface area contributed by atoms with Gasteiger partial charge in [0.05, 0.1) is 0 Å². The van der Waals surface area contributed by atoms with Gasteiger partial charge in [-0.25, -0.2) is 0 Å². The van der Waals surface area contributed by atoms with Crippen LogP contribution < -0.4 is 0 Å². The molecule has 2 rings (SSSR count). The Labute approximate surface area is 68.1 Å². The van der Waals surface area contributed by atoms with Crippen LogP contribution >= 0.6 is 22.7 Å². The number of rotatable bonds is 0. The molecule has 0 saturated heterocycles. The van der Waals surface area contributed by atoms with Crippen LogP contribution in [0.15, 0.2) is 12.1 Å². The van der Waals surface area contributed by atoms with E-state index in [2.05, 4.69) is 26.0 Å². The fourth-order valence-electron chi connectivity index (χ4n) is 1.08. The zero-order valence-corrected chi connectivity index (χ0v) is 7.60. The van der Waals surface area contributed by atoms with Gasteiger partial charge in [-0.2, -0.15) is 0 Å². The zero-order valence-electron chi connectivity index (χ0n) is 5.97. The fourth-order valence-corrected chi connectivity index (χ4v) is 3.31. The van der Waals surface area contributed by atoms with Crippen molar-refractivity contribution in [1.29, 1.82) is 0 Å². The Morgan fingerprint density at radius 3 is 1.70 bits per heavy atom. The van der Waals surface area contributed by atoms with Gasteiger partial charge in [0.25, 0.3) is 0 Å². The maximum atomic E-state index is 2.26. The molecular weight excluding hydrogens is 160 g/mol. The van der Waals surface area contributed by atoms with Gasteiger partial charge < -0.3 is 0 Å². The lowest BCUT2D eigenvalue weighted by Gasteiger charge is -1.74. The summed E-state index contributed by atoms with van der Waals surface area (Å²) in [6.07, 6.45) is 0. The summed E-state index contributed by atoms with van der Waals surface area (Å²) >= 11 is 3.77. The van der Waals surface area contributed by atoms with E-state index in [1.54, 1.807) is 0 Å². The molecule has 0 aliphatic rings. The third kappa shape index (κ3) is 0.879. The summed E-state index contributed by atoms with van der Waals surface area (Å²) in [7, 11) is 0. The normalized spacial score (nSPS) is 11.0. The molecule has 0 nitrogen and oxygen atoms in total. The molecular formula is C8H8S2. The smallest absolute Gasteiger partial charge is 0.0456 e. The molecule has 2 heteroatoms. The Balaban J connectivity index is 2.83. The molecule has 0 spiro atoms. The SMILES string of the molecule is Cc1cc2sc(C)cc2s1. The standard InChI is InChI=1S/C8H8S2/c1-5-3-7-8(9-5)4-6(2)10-7/h3-4H,1-2H3. The molecule has 2 heterocycles. The van der Waals surface area contributed by atoms with Crippen molar-refractivity contribution in [1.82, 2.24) is 0 Å². The first-order chi connectivity index (χ1) is 4.75.